The fraction of sp³-hybridized carbons (Fsp3) is 0.316. The van der Waals surface area contributed by atoms with E-state index in [4.69, 9.17) is 0 Å². The Bertz CT molecular complexity index is 1040. The standard InChI is InChI=1S/C19H20N4O3S2/c1-12-5-6-13(18(24)21-9-14-4-2-3-7-20-14)8-15(12)22-19-23-16-10-28(25,26)11-17(16)27-19/h2-8,16-17H,9-11H2,1H3,(H,21,24)(H,22,23)/t16-,17-/m1/s1. The lowest BCUT2D eigenvalue weighted by molar-refractivity contribution is 0.0950. The number of aliphatic imine (C=N–C) groups is 1. The molecule has 1 fully saturated rings. The van der Waals surface area contributed by atoms with E-state index in [0.29, 0.717) is 17.3 Å². The van der Waals surface area contributed by atoms with Gasteiger partial charge in [0.1, 0.15) is 0 Å². The molecule has 0 bridgehead atoms. The molecule has 9 heteroatoms. The summed E-state index contributed by atoms with van der Waals surface area (Å²) in [6, 6.07) is 10.8. The Morgan fingerprint density at radius 3 is 2.86 bits per heavy atom. The second-order valence-electron chi connectivity index (χ2n) is 6.89. The van der Waals surface area contributed by atoms with E-state index in [9.17, 15) is 13.2 Å². The summed E-state index contributed by atoms with van der Waals surface area (Å²) in [5.41, 5.74) is 3.10. The molecule has 2 atom stereocenters. The normalized spacial score (nSPS) is 22.4. The van der Waals surface area contributed by atoms with Gasteiger partial charge < -0.3 is 10.6 Å². The van der Waals surface area contributed by atoms with E-state index in [0.717, 1.165) is 16.9 Å². The number of aryl methyl sites for hydroxylation is 1. The largest absolute Gasteiger partial charge is 0.346 e. The summed E-state index contributed by atoms with van der Waals surface area (Å²) in [7, 11) is -2.97. The van der Waals surface area contributed by atoms with Gasteiger partial charge in [0.2, 0.25) is 0 Å². The zero-order valence-electron chi connectivity index (χ0n) is 15.3. The highest BCUT2D eigenvalue weighted by Gasteiger charge is 2.42. The number of carbonyl (C=O) groups is 1. The van der Waals surface area contributed by atoms with Crippen LogP contribution in [0.25, 0.3) is 0 Å². The number of hydrogen-bond donors (Lipinski definition) is 2. The van der Waals surface area contributed by atoms with Crippen LogP contribution in [0.5, 0.6) is 0 Å². The van der Waals surface area contributed by atoms with Crippen LogP contribution in [0.3, 0.4) is 0 Å². The number of aromatic nitrogens is 1. The zero-order chi connectivity index (χ0) is 19.7. The SMILES string of the molecule is Cc1ccc(C(=O)NCc2ccccn2)cc1NC1=N[C@@H]2CS(=O)(=O)C[C@H]2S1. The quantitative estimate of drug-likeness (QED) is 0.791. The molecule has 0 radical (unpaired) electrons. The number of benzene rings is 1. The van der Waals surface area contributed by atoms with Crippen molar-refractivity contribution in [1.29, 1.82) is 0 Å². The molecule has 1 amide bonds. The lowest BCUT2D eigenvalue weighted by Crippen LogP contribution is -2.23. The van der Waals surface area contributed by atoms with Crippen molar-refractivity contribution in [2.24, 2.45) is 4.99 Å². The van der Waals surface area contributed by atoms with Crippen molar-refractivity contribution in [3.05, 3.63) is 59.4 Å². The van der Waals surface area contributed by atoms with Gasteiger partial charge in [0.25, 0.3) is 5.91 Å². The van der Waals surface area contributed by atoms with Crippen LogP contribution in [0.1, 0.15) is 21.6 Å². The van der Waals surface area contributed by atoms with E-state index in [1.54, 1.807) is 18.3 Å². The van der Waals surface area contributed by atoms with Crippen LogP contribution in [0.2, 0.25) is 0 Å². The van der Waals surface area contributed by atoms with Gasteiger partial charge in [-0.25, -0.2) is 8.42 Å². The molecule has 3 heterocycles. The Hall–Kier alpha value is -2.39. The van der Waals surface area contributed by atoms with E-state index in [1.807, 2.05) is 31.2 Å². The summed E-state index contributed by atoms with van der Waals surface area (Å²) in [4.78, 5) is 21.2. The van der Waals surface area contributed by atoms with Gasteiger partial charge in [-0.2, -0.15) is 0 Å². The van der Waals surface area contributed by atoms with Crippen LogP contribution in [-0.4, -0.2) is 47.3 Å². The Morgan fingerprint density at radius 1 is 1.25 bits per heavy atom. The number of fused-ring (bicyclic) bond motifs is 1. The molecular weight excluding hydrogens is 396 g/mol. The molecule has 2 aliphatic rings. The molecular formula is C19H20N4O3S2. The van der Waals surface area contributed by atoms with Crippen LogP contribution in [0, 0.1) is 6.92 Å². The van der Waals surface area contributed by atoms with Gasteiger partial charge in [0, 0.05) is 22.7 Å². The Balaban J connectivity index is 1.43. The number of carbonyl (C=O) groups excluding carboxylic acids is 1. The van der Waals surface area contributed by atoms with E-state index in [-0.39, 0.29) is 28.7 Å². The molecule has 1 saturated heterocycles. The summed E-state index contributed by atoms with van der Waals surface area (Å²) in [5.74, 6) is 0.106. The summed E-state index contributed by atoms with van der Waals surface area (Å²) in [6.07, 6.45) is 1.69. The molecule has 1 aromatic carbocycles. The maximum absolute atomic E-state index is 12.5. The van der Waals surface area contributed by atoms with Crippen molar-refractivity contribution in [2.45, 2.75) is 24.8 Å². The van der Waals surface area contributed by atoms with E-state index in [1.165, 1.54) is 11.8 Å². The van der Waals surface area contributed by atoms with Crippen LogP contribution in [-0.2, 0) is 16.4 Å². The minimum Gasteiger partial charge on any atom is -0.346 e. The van der Waals surface area contributed by atoms with Gasteiger partial charge >= 0.3 is 0 Å². The van der Waals surface area contributed by atoms with Crippen molar-refractivity contribution in [1.82, 2.24) is 10.3 Å². The van der Waals surface area contributed by atoms with Crippen LogP contribution >= 0.6 is 11.8 Å². The van der Waals surface area contributed by atoms with E-state index >= 15 is 0 Å². The maximum atomic E-state index is 12.5. The molecule has 0 saturated carbocycles. The summed E-state index contributed by atoms with van der Waals surface area (Å²) in [6.45, 7) is 2.31. The molecule has 28 heavy (non-hydrogen) atoms. The number of thioether (sulfide) groups is 1. The van der Waals surface area contributed by atoms with Crippen molar-refractivity contribution in [3.8, 4) is 0 Å². The lowest BCUT2D eigenvalue weighted by atomic mass is 10.1. The monoisotopic (exact) mass is 416 g/mol. The fourth-order valence-electron chi connectivity index (χ4n) is 3.20. The van der Waals surface area contributed by atoms with Crippen molar-refractivity contribution < 1.29 is 13.2 Å². The average molecular weight is 417 g/mol. The zero-order valence-corrected chi connectivity index (χ0v) is 16.9. The molecule has 2 aromatic rings. The Kier molecular flexibility index (Phi) is 5.11. The molecule has 0 spiro atoms. The molecule has 7 nitrogen and oxygen atoms in total. The van der Waals surface area contributed by atoms with Gasteiger partial charge in [0.05, 0.1) is 29.8 Å². The molecule has 0 unspecified atom stereocenters. The number of hydrogen-bond acceptors (Lipinski definition) is 7. The highest BCUT2D eigenvalue weighted by Crippen LogP contribution is 2.35. The third-order valence-electron chi connectivity index (χ3n) is 4.72. The third-order valence-corrected chi connectivity index (χ3v) is 7.86. The van der Waals surface area contributed by atoms with Crippen LogP contribution in [0.15, 0.2) is 47.6 Å². The van der Waals surface area contributed by atoms with Gasteiger partial charge in [-0.15, -0.1) is 0 Å². The Morgan fingerprint density at radius 2 is 2.11 bits per heavy atom. The first-order valence-corrected chi connectivity index (χ1v) is 11.6. The minimum atomic E-state index is -2.97. The maximum Gasteiger partial charge on any atom is 0.251 e. The highest BCUT2D eigenvalue weighted by atomic mass is 32.2. The van der Waals surface area contributed by atoms with Crippen molar-refractivity contribution in [3.63, 3.8) is 0 Å². The van der Waals surface area contributed by atoms with Gasteiger partial charge in [-0.3, -0.25) is 14.8 Å². The molecule has 2 N–H and O–H groups in total. The number of amides is 1. The van der Waals surface area contributed by atoms with E-state index < -0.39 is 9.84 Å². The number of nitrogens with one attached hydrogen (secondary N) is 2. The van der Waals surface area contributed by atoms with Crippen LogP contribution < -0.4 is 10.6 Å². The van der Waals surface area contributed by atoms with Gasteiger partial charge in [-0.1, -0.05) is 23.9 Å². The van der Waals surface area contributed by atoms with Gasteiger partial charge in [-0.05, 0) is 36.8 Å². The molecule has 1 aromatic heterocycles. The molecule has 0 aliphatic carbocycles. The summed E-state index contributed by atoms with van der Waals surface area (Å²) < 4.78 is 23.4. The number of amidine groups is 1. The fourth-order valence-corrected chi connectivity index (χ4v) is 6.87. The van der Waals surface area contributed by atoms with Crippen molar-refractivity contribution >= 4 is 38.4 Å². The van der Waals surface area contributed by atoms with E-state index in [2.05, 4.69) is 20.6 Å². The lowest BCUT2D eigenvalue weighted by Gasteiger charge is -2.12. The van der Waals surface area contributed by atoms with Crippen LogP contribution in [0.4, 0.5) is 5.69 Å². The first kappa shape index (κ1) is 18.9. The predicted octanol–water partition coefficient (Wildman–Crippen LogP) is 2.00. The average Bonchev–Trinajstić information content (AvgIpc) is 3.15. The predicted molar refractivity (Wildman–Crippen MR) is 111 cm³/mol. The highest BCUT2D eigenvalue weighted by molar-refractivity contribution is 8.15. The molecule has 2 aliphatic heterocycles. The third kappa shape index (κ3) is 4.20. The van der Waals surface area contributed by atoms with Gasteiger partial charge in [0.15, 0.2) is 15.0 Å². The summed E-state index contributed by atoms with van der Waals surface area (Å²) >= 11 is 1.46. The number of pyridine rings is 1. The summed E-state index contributed by atoms with van der Waals surface area (Å²) in [5, 5.41) is 6.82. The topological polar surface area (TPSA) is 101 Å². The first-order chi connectivity index (χ1) is 13.4. The number of anilines is 1. The Labute approximate surface area is 168 Å². The number of sulfone groups is 1. The minimum absolute atomic E-state index is 0.0161. The van der Waals surface area contributed by atoms with Crippen molar-refractivity contribution in [2.75, 3.05) is 16.8 Å². The molecule has 4 rings (SSSR count). The number of nitrogens with zero attached hydrogens (tertiary/aromatic N) is 2. The number of rotatable bonds is 4. The second-order valence-corrected chi connectivity index (χ2v) is 10.3. The molecule has 146 valence electrons. The first-order valence-electron chi connectivity index (χ1n) is 8.90. The smallest absolute Gasteiger partial charge is 0.251 e. The second kappa shape index (κ2) is 7.56.